The van der Waals surface area contributed by atoms with Crippen molar-refractivity contribution in [2.24, 2.45) is 5.73 Å². The normalized spacial score (nSPS) is 21.0. The van der Waals surface area contributed by atoms with Gasteiger partial charge in [-0.3, -0.25) is 4.79 Å². The van der Waals surface area contributed by atoms with Gasteiger partial charge in [0.2, 0.25) is 0 Å². The number of hydrogen-bond donors (Lipinski definition) is 2. The number of carboxylic acid groups (broad SMARTS) is 1. The molecule has 0 fully saturated rings. The predicted octanol–water partition coefficient (Wildman–Crippen LogP) is 1.51. The SMILES string of the molecule is NC(CC1Cc2ccccc2S1)C(=O)O. The van der Waals surface area contributed by atoms with Gasteiger partial charge in [-0.1, -0.05) is 18.2 Å². The Hall–Kier alpha value is -1.00. The highest BCUT2D eigenvalue weighted by atomic mass is 32.2. The van der Waals surface area contributed by atoms with Crippen molar-refractivity contribution in [3.63, 3.8) is 0 Å². The molecule has 1 aromatic carbocycles. The van der Waals surface area contributed by atoms with E-state index in [4.69, 9.17) is 10.8 Å². The van der Waals surface area contributed by atoms with Gasteiger partial charge in [0.15, 0.2) is 0 Å². The first-order valence-corrected chi connectivity index (χ1v) is 5.77. The van der Waals surface area contributed by atoms with E-state index < -0.39 is 12.0 Å². The van der Waals surface area contributed by atoms with Crippen LogP contribution in [0.25, 0.3) is 0 Å². The molecule has 2 rings (SSSR count). The lowest BCUT2D eigenvalue weighted by Gasteiger charge is -2.11. The summed E-state index contributed by atoms with van der Waals surface area (Å²) in [6.45, 7) is 0. The summed E-state index contributed by atoms with van der Waals surface area (Å²) in [5.41, 5.74) is 6.83. The second-order valence-electron chi connectivity index (χ2n) is 3.73. The van der Waals surface area contributed by atoms with E-state index in [2.05, 4.69) is 12.1 Å². The third-order valence-corrected chi connectivity index (χ3v) is 3.89. The number of nitrogens with two attached hydrogens (primary N) is 1. The molecule has 0 saturated carbocycles. The maximum absolute atomic E-state index is 10.6. The Morgan fingerprint density at radius 2 is 2.33 bits per heavy atom. The minimum Gasteiger partial charge on any atom is -0.480 e. The van der Waals surface area contributed by atoms with Gasteiger partial charge in [0, 0.05) is 10.1 Å². The molecule has 0 aromatic heterocycles. The average Bonchev–Trinajstić information content (AvgIpc) is 2.59. The molecular formula is C11H13NO2S. The molecule has 2 unspecified atom stereocenters. The molecule has 4 heteroatoms. The van der Waals surface area contributed by atoms with E-state index in [-0.39, 0.29) is 0 Å². The van der Waals surface area contributed by atoms with Crippen molar-refractivity contribution in [2.75, 3.05) is 0 Å². The van der Waals surface area contributed by atoms with E-state index in [1.54, 1.807) is 11.8 Å². The number of carboxylic acids is 1. The minimum atomic E-state index is -0.911. The Morgan fingerprint density at radius 3 is 3.00 bits per heavy atom. The van der Waals surface area contributed by atoms with Gasteiger partial charge in [-0.15, -0.1) is 11.8 Å². The molecule has 3 nitrogen and oxygen atoms in total. The number of aliphatic carboxylic acids is 1. The summed E-state index contributed by atoms with van der Waals surface area (Å²) < 4.78 is 0. The molecule has 1 heterocycles. The van der Waals surface area contributed by atoms with Crippen LogP contribution in [0, 0.1) is 0 Å². The fraction of sp³-hybridized carbons (Fsp3) is 0.364. The first-order chi connectivity index (χ1) is 7.16. The predicted molar refractivity (Wildman–Crippen MR) is 60.0 cm³/mol. The molecule has 2 atom stereocenters. The molecule has 1 aromatic rings. The summed E-state index contributed by atoms with van der Waals surface area (Å²) in [4.78, 5) is 11.9. The zero-order valence-corrected chi connectivity index (χ0v) is 9.04. The molecule has 0 amide bonds. The molecule has 3 N–H and O–H groups in total. The molecule has 15 heavy (non-hydrogen) atoms. The summed E-state index contributed by atoms with van der Waals surface area (Å²) in [6.07, 6.45) is 1.47. The van der Waals surface area contributed by atoms with Gasteiger partial charge in [-0.2, -0.15) is 0 Å². The molecule has 0 radical (unpaired) electrons. The van der Waals surface area contributed by atoms with Gasteiger partial charge in [0.05, 0.1) is 0 Å². The standard InChI is InChI=1S/C11H13NO2S/c12-9(11(13)14)6-8-5-7-3-1-2-4-10(7)15-8/h1-4,8-9H,5-6,12H2,(H,13,14). The van der Waals surface area contributed by atoms with E-state index in [0.29, 0.717) is 11.7 Å². The van der Waals surface area contributed by atoms with Crippen LogP contribution in [0.15, 0.2) is 29.2 Å². The van der Waals surface area contributed by atoms with E-state index in [0.717, 1.165) is 6.42 Å². The molecule has 0 aliphatic carbocycles. The van der Waals surface area contributed by atoms with Gasteiger partial charge < -0.3 is 10.8 Å². The van der Waals surface area contributed by atoms with Gasteiger partial charge >= 0.3 is 5.97 Å². The monoisotopic (exact) mass is 223 g/mol. The van der Waals surface area contributed by atoms with Crippen LogP contribution in [0.5, 0.6) is 0 Å². The molecule has 0 bridgehead atoms. The van der Waals surface area contributed by atoms with Crippen molar-refractivity contribution in [1.82, 2.24) is 0 Å². The quantitative estimate of drug-likeness (QED) is 0.815. The molecule has 1 aliphatic rings. The lowest BCUT2D eigenvalue weighted by Crippen LogP contribution is -2.33. The van der Waals surface area contributed by atoms with Crippen molar-refractivity contribution < 1.29 is 9.90 Å². The molecule has 80 valence electrons. The van der Waals surface area contributed by atoms with Crippen LogP contribution in [-0.4, -0.2) is 22.4 Å². The highest BCUT2D eigenvalue weighted by Crippen LogP contribution is 2.38. The number of benzene rings is 1. The first kappa shape index (κ1) is 10.5. The summed E-state index contributed by atoms with van der Waals surface area (Å²) in [6, 6.07) is 7.45. The van der Waals surface area contributed by atoms with E-state index >= 15 is 0 Å². The summed E-state index contributed by atoms with van der Waals surface area (Å²) in [5.74, 6) is -0.911. The zero-order valence-electron chi connectivity index (χ0n) is 8.22. The highest BCUT2D eigenvalue weighted by Gasteiger charge is 2.25. The number of fused-ring (bicyclic) bond motifs is 1. The topological polar surface area (TPSA) is 63.3 Å². The minimum absolute atomic E-state index is 0.313. The lowest BCUT2D eigenvalue weighted by molar-refractivity contribution is -0.138. The maximum Gasteiger partial charge on any atom is 0.320 e. The van der Waals surface area contributed by atoms with Crippen molar-refractivity contribution in [2.45, 2.75) is 29.0 Å². The van der Waals surface area contributed by atoms with Gasteiger partial charge in [-0.05, 0) is 24.5 Å². The van der Waals surface area contributed by atoms with Crippen LogP contribution in [0.4, 0.5) is 0 Å². The number of rotatable bonds is 3. The van der Waals surface area contributed by atoms with E-state index in [1.165, 1.54) is 10.5 Å². The number of thioether (sulfide) groups is 1. The van der Waals surface area contributed by atoms with Crippen molar-refractivity contribution in [3.05, 3.63) is 29.8 Å². The second-order valence-corrected chi connectivity index (χ2v) is 5.07. The van der Waals surface area contributed by atoms with Crippen LogP contribution < -0.4 is 5.73 Å². The Kier molecular flexibility index (Phi) is 2.98. The summed E-state index contributed by atoms with van der Waals surface area (Å²) in [7, 11) is 0. The van der Waals surface area contributed by atoms with Crippen LogP contribution >= 0.6 is 11.8 Å². The third-order valence-electron chi connectivity index (χ3n) is 2.55. The average molecular weight is 223 g/mol. The third kappa shape index (κ3) is 2.33. The molecule has 1 aliphatic heterocycles. The van der Waals surface area contributed by atoms with Gasteiger partial charge in [0.25, 0.3) is 0 Å². The summed E-state index contributed by atoms with van der Waals surface area (Å²) in [5, 5.41) is 9.04. The number of hydrogen-bond acceptors (Lipinski definition) is 3. The van der Waals surface area contributed by atoms with Crippen molar-refractivity contribution >= 4 is 17.7 Å². The van der Waals surface area contributed by atoms with Crippen LogP contribution in [-0.2, 0) is 11.2 Å². The molecular weight excluding hydrogens is 210 g/mol. The van der Waals surface area contributed by atoms with E-state index in [9.17, 15) is 4.79 Å². The maximum atomic E-state index is 10.6. The van der Waals surface area contributed by atoms with Crippen molar-refractivity contribution in [3.8, 4) is 0 Å². The van der Waals surface area contributed by atoms with Gasteiger partial charge in [0.1, 0.15) is 6.04 Å². The fourth-order valence-electron chi connectivity index (χ4n) is 1.77. The Labute approximate surface area is 92.7 Å². The largest absolute Gasteiger partial charge is 0.480 e. The van der Waals surface area contributed by atoms with Gasteiger partial charge in [-0.25, -0.2) is 0 Å². The number of carbonyl (C=O) groups is 1. The Balaban J connectivity index is 1.99. The smallest absolute Gasteiger partial charge is 0.320 e. The van der Waals surface area contributed by atoms with Crippen LogP contribution in [0.2, 0.25) is 0 Å². The Bertz CT molecular complexity index is 356. The highest BCUT2D eigenvalue weighted by molar-refractivity contribution is 8.00. The fourth-order valence-corrected chi connectivity index (χ4v) is 3.15. The first-order valence-electron chi connectivity index (χ1n) is 4.90. The van der Waals surface area contributed by atoms with Crippen LogP contribution in [0.1, 0.15) is 12.0 Å². The zero-order chi connectivity index (χ0) is 10.8. The van der Waals surface area contributed by atoms with E-state index in [1.807, 2.05) is 12.1 Å². The second kappa shape index (κ2) is 4.24. The molecule has 0 saturated heterocycles. The lowest BCUT2D eigenvalue weighted by atomic mass is 10.1. The Morgan fingerprint density at radius 1 is 1.60 bits per heavy atom. The van der Waals surface area contributed by atoms with Crippen LogP contribution in [0.3, 0.4) is 0 Å². The molecule has 0 spiro atoms. The summed E-state index contributed by atoms with van der Waals surface area (Å²) >= 11 is 1.74. The van der Waals surface area contributed by atoms with Crippen molar-refractivity contribution in [1.29, 1.82) is 0 Å².